The second-order valence-corrected chi connectivity index (χ2v) is 7.73. The monoisotopic (exact) mass is 437 g/mol. The Labute approximate surface area is 191 Å². The van der Waals surface area contributed by atoms with Crippen molar-refractivity contribution in [2.45, 2.75) is 20.3 Å². The highest BCUT2D eigenvalue weighted by atomic mass is 16.5. The second-order valence-electron chi connectivity index (χ2n) is 7.73. The predicted octanol–water partition coefficient (Wildman–Crippen LogP) is 5.08. The van der Waals surface area contributed by atoms with Gasteiger partial charge in [0.05, 0.1) is 29.7 Å². The summed E-state index contributed by atoms with van der Waals surface area (Å²) >= 11 is 0. The summed E-state index contributed by atoms with van der Waals surface area (Å²) < 4.78 is 7.05. The van der Waals surface area contributed by atoms with Crippen molar-refractivity contribution in [1.29, 1.82) is 0 Å². The van der Waals surface area contributed by atoms with Crippen LogP contribution in [-0.2, 0) is 6.42 Å². The SMILES string of the molecule is CCc1nn2c(C)c(C(=O)Nc3ccccc3OC)nnc2c1-c1cccc2ccccc12. The van der Waals surface area contributed by atoms with Crippen LogP contribution in [0.3, 0.4) is 0 Å². The van der Waals surface area contributed by atoms with Gasteiger partial charge in [-0.1, -0.05) is 61.5 Å². The van der Waals surface area contributed by atoms with Crippen molar-refractivity contribution in [3.8, 4) is 16.9 Å². The van der Waals surface area contributed by atoms with Crippen LogP contribution in [0.5, 0.6) is 5.75 Å². The molecule has 0 radical (unpaired) electrons. The van der Waals surface area contributed by atoms with Crippen molar-refractivity contribution in [2.24, 2.45) is 0 Å². The molecule has 0 atom stereocenters. The van der Waals surface area contributed by atoms with Gasteiger partial charge in [0.1, 0.15) is 5.75 Å². The van der Waals surface area contributed by atoms with Gasteiger partial charge in [-0.3, -0.25) is 4.79 Å². The molecule has 1 N–H and O–H groups in total. The minimum absolute atomic E-state index is 0.211. The van der Waals surface area contributed by atoms with Gasteiger partial charge in [-0.25, -0.2) is 4.52 Å². The van der Waals surface area contributed by atoms with E-state index in [1.54, 1.807) is 23.8 Å². The number of benzene rings is 3. The van der Waals surface area contributed by atoms with Crippen LogP contribution in [0.15, 0.2) is 66.7 Å². The summed E-state index contributed by atoms with van der Waals surface area (Å²) in [7, 11) is 1.56. The van der Waals surface area contributed by atoms with E-state index in [1.807, 2.05) is 37.3 Å². The van der Waals surface area contributed by atoms with E-state index >= 15 is 0 Å². The van der Waals surface area contributed by atoms with E-state index in [0.29, 0.717) is 22.8 Å². The third-order valence-corrected chi connectivity index (χ3v) is 5.80. The van der Waals surface area contributed by atoms with E-state index in [0.717, 1.165) is 34.0 Å². The molecule has 0 bridgehead atoms. The highest BCUT2D eigenvalue weighted by Gasteiger charge is 2.22. The molecular weight excluding hydrogens is 414 g/mol. The number of carbonyl (C=O) groups excluding carboxylic acids is 1. The lowest BCUT2D eigenvalue weighted by Crippen LogP contribution is -2.19. The second kappa shape index (κ2) is 8.35. The molecule has 0 spiro atoms. The maximum absolute atomic E-state index is 13.0. The molecule has 7 nitrogen and oxygen atoms in total. The van der Waals surface area contributed by atoms with Gasteiger partial charge in [-0.05, 0) is 41.8 Å². The quantitative estimate of drug-likeness (QED) is 0.415. The Hall–Kier alpha value is -4.26. The maximum Gasteiger partial charge on any atom is 0.278 e. The molecule has 0 fully saturated rings. The largest absolute Gasteiger partial charge is 0.495 e. The molecular formula is C26H23N5O2. The highest BCUT2D eigenvalue weighted by Crippen LogP contribution is 2.34. The molecule has 33 heavy (non-hydrogen) atoms. The zero-order valence-electron chi connectivity index (χ0n) is 18.7. The first-order valence-electron chi connectivity index (χ1n) is 10.8. The van der Waals surface area contributed by atoms with Crippen molar-refractivity contribution in [3.05, 3.63) is 83.8 Å². The molecule has 0 saturated heterocycles. The number of ether oxygens (including phenoxy) is 1. The number of fused-ring (bicyclic) bond motifs is 2. The number of aromatic nitrogens is 4. The van der Waals surface area contributed by atoms with Gasteiger partial charge < -0.3 is 10.1 Å². The summed E-state index contributed by atoms with van der Waals surface area (Å²) in [6.45, 7) is 3.90. The zero-order valence-corrected chi connectivity index (χ0v) is 18.7. The zero-order chi connectivity index (χ0) is 22.9. The van der Waals surface area contributed by atoms with Crippen LogP contribution in [0, 0.1) is 6.92 Å². The molecule has 3 aromatic carbocycles. The van der Waals surface area contributed by atoms with Crippen molar-refractivity contribution in [2.75, 3.05) is 12.4 Å². The van der Waals surface area contributed by atoms with Gasteiger partial charge >= 0.3 is 0 Å². The maximum atomic E-state index is 13.0. The number of hydrogen-bond acceptors (Lipinski definition) is 5. The molecule has 5 rings (SSSR count). The van der Waals surface area contributed by atoms with Gasteiger partial charge in [0, 0.05) is 0 Å². The average molecular weight is 438 g/mol. The molecule has 2 aromatic heterocycles. The summed E-state index contributed by atoms with van der Waals surface area (Å²) in [4.78, 5) is 13.0. The number of para-hydroxylation sites is 2. The van der Waals surface area contributed by atoms with E-state index < -0.39 is 0 Å². The number of nitrogens with zero attached hydrogens (tertiary/aromatic N) is 4. The van der Waals surface area contributed by atoms with E-state index in [-0.39, 0.29) is 11.6 Å². The van der Waals surface area contributed by atoms with Gasteiger partial charge in [0.2, 0.25) is 0 Å². The number of hydrogen-bond donors (Lipinski definition) is 1. The molecule has 5 aromatic rings. The summed E-state index contributed by atoms with van der Waals surface area (Å²) in [5, 5.41) is 18.7. The lowest BCUT2D eigenvalue weighted by atomic mass is 9.97. The van der Waals surface area contributed by atoms with Gasteiger partial charge in [0.15, 0.2) is 11.3 Å². The molecule has 0 unspecified atom stereocenters. The Morgan fingerprint density at radius 2 is 1.76 bits per heavy atom. The van der Waals surface area contributed by atoms with Crippen molar-refractivity contribution < 1.29 is 9.53 Å². The summed E-state index contributed by atoms with van der Waals surface area (Å²) in [5.41, 5.74) is 4.94. The fraction of sp³-hybridized carbons (Fsp3) is 0.154. The summed E-state index contributed by atoms with van der Waals surface area (Å²) in [6, 6.07) is 21.7. The fourth-order valence-corrected chi connectivity index (χ4v) is 4.16. The third-order valence-electron chi connectivity index (χ3n) is 5.80. The number of methoxy groups -OCH3 is 1. The molecule has 164 valence electrons. The molecule has 0 saturated carbocycles. The van der Waals surface area contributed by atoms with Crippen molar-refractivity contribution >= 4 is 28.0 Å². The van der Waals surface area contributed by atoms with Crippen LogP contribution in [0.4, 0.5) is 5.69 Å². The normalized spacial score (nSPS) is 11.1. The Balaban J connectivity index is 1.63. The predicted molar refractivity (Wildman–Crippen MR) is 129 cm³/mol. The number of aryl methyl sites for hydroxylation is 2. The standard InChI is InChI=1S/C26H23N5O2/c1-4-20-23(19-13-9-11-17-10-5-6-12-18(17)19)25-29-28-24(16(2)31(25)30-20)26(32)27-21-14-7-8-15-22(21)33-3/h5-15H,4H2,1-3H3,(H,27,32). The minimum atomic E-state index is -0.369. The Bertz CT molecular complexity index is 1500. The Kier molecular flexibility index (Phi) is 5.22. The highest BCUT2D eigenvalue weighted by molar-refractivity contribution is 6.05. The molecule has 0 aliphatic rings. The van der Waals surface area contributed by atoms with E-state index in [1.165, 1.54) is 0 Å². The molecule has 0 aliphatic carbocycles. The van der Waals surface area contributed by atoms with Crippen LogP contribution in [0.2, 0.25) is 0 Å². The summed E-state index contributed by atoms with van der Waals surface area (Å²) in [6.07, 6.45) is 0.726. The smallest absolute Gasteiger partial charge is 0.278 e. The van der Waals surface area contributed by atoms with E-state index in [9.17, 15) is 4.79 Å². The first-order valence-corrected chi connectivity index (χ1v) is 10.8. The van der Waals surface area contributed by atoms with Gasteiger partial charge in [0.25, 0.3) is 5.91 Å². The Morgan fingerprint density at radius 3 is 2.58 bits per heavy atom. The van der Waals surface area contributed by atoms with Crippen LogP contribution in [0.1, 0.15) is 28.8 Å². The average Bonchev–Trinajstić information content (AvgIpc) is 3.23. The summed E-state index contributed by atoms with van der Waals surface area (Å²) in [5.74, 6) is 0.204. The van der Waals surface area contributed by atoms with Gasteiger partial charge in [-0.15, -0.1) is 10.2 Å². The number of anilines is 1. The third kappa shape index (κ3) is 3.47. The van der Waals surface area contributed by atoms with Gasteiger partial charge in [-0.2, -0.15) is 5.10 Å². The van der Waals surface area contributed by atoms with Crippen LogP contribution < -0.4 is 10.1 Å². The molecule has 0 aliphatic heterocycles. The van der Waals surface area contributed by atoms with Crippen LogP contribution >= 0.6 is 0 Å². The van der Waals surface area contributed by atoms with Crippen molar-refractivity contribution in [1.82, 2.24) is 19.8 Å². The minimum Gasteiger partial charge on any atom is -0.495 e. The molecule has 2 heterocycles. The number of amides is 1. The fourth-order valence-electron chi connectivity index (χ4n) is 4.16. The van der Waals surface area contributed by atoms with E-state index in [4.69, 9.17) is 9.84 Å². The van der Waals surface area contributed by atoms with Crippen molar-refractivity contribution in [3.63, 3.8) is 0 Å². The number of rotatable bonds is 5. The first-order chi connectivity index (χ1) is 16.1. The Morgan fingerprint density at radius 1 is 1.00 bits per heavy atom. The molecule has 7 heteroatoms. The number of carbonyl (C=O) groups is 1. The van der Waals surface area contributed by atoms with Crippen LogP contribution in [0.25, 0.3) is 27.5 Å². The molecule has 1 amide bonds. The lowest BCUT2D eigenvalue weighted by Gasteiger charge is -2.11. The topological polar surface area (TPSA) is 81.4 Å². The van der Waals surface area contributed by atoms with E-state index in [2.05, 4.69) is 46.7 Å². The first kappa shape index (κ1) is 20.6. The van der Waals surface area contributed by atoms with Crippen LogP contribution in [-0.4, -0.2) is 32.8 Å². The number of nitrogens with one attached hydrogen (secondary N) is 1. The lowest BCUT2D eigenvalue weighted by molar-refractivity contribution is 0.101.